The first kappa shape index (κ1) is 38.4. The summed E-state index contributed by atoms with van der Waals surface area (Å²) in [5.74, 6) is -3.20. The Bertz CT molecular complexity index is 1610. The third kappa shape index (κ3) is 7.98. The number of hydrogen-bond donors (Lipinski definition) is 1. The van der Waals surface area contributed by atoms with E-state index in [1.807, 2.05) is 11.9 Å². The van der Waals surface area contributed by atoms with Gasteiger partial charge in [0.05, 0.1) is 48.3 Å². The van der Waals surface area contributed by atoms with Crippen molar-refractivity contribution < 1.29 is 46.6 Å². The maximum atomic E-state index is 14.1. The van der Waals surface area contributed by atoms with Crippen molar-refractivity contribution in [2.45, 2.75) is 78.4 Å². The van der Waals surface area contributed by atoms with Crippen LogP contribution in [0.5, 0.6) is 0 Å². The number of carbonyl (C=O) groups excluding carboxylic acids is 4. The van der Waals surface area contributed by atoms with E-state index in [1.165, 1.54) is 31.1 Å². The third-order valence-electron chi connectivity index (χ3n) is 8.50. The Morgan fingerprint density at radius 2 is 1.70 bits per heavy atom. The molecule has 0 unspecified atom stereocenters. The number of piperazine rings is 1. The van der Waals surface area contributed by atoms with Crippen LogP contribution in [-0.2, 0) is 31.1 Å². The first-order valence-electron chi connectivity index (χ1n) is 16.3. The van der Waals surface area contributed by atoms with Crippen LogP contribution in [0, 0.1) is 0 Å². The number of fused-ring (bicyclic) bond motifs is 1. The minimum absolute atomic E-state index is 0.0110. The van der Waals surface area contributed by atoms with Gasteiger partial charge in [0.25, 0.3) is 5.91 Å². The van der Waals surface area contributed by atoms with Gasteiger partial charge in [0.2, 0.25) is 0 Å². The molecule has 17 heteroatoms. The van der Waals surface area contributed by atoms with Crippen LogP contribution in [0.4, 0.5) is 40.0 Å². The van der Waals surface area contributed by atoms with Gasteiger partial charge < -0.3 is 29.3 Å². The average Bonchev–Trinajstić information content (AvgIpc) is 3.51. The Hall–Kier alpha value is -4.38. The molecule has 2 aromatic rings. The minimum Gasteiger partial charge on any atom is -0.448 e. The fraction of sp³-hybridized carbons (Fsp3) is 0.606. The van der Waals surface area contributed by atoms with Crippen LogP contribution in [0.15, 0.2) is 18.2 Å². The standard InChI is InChI=1S/C33H46F3N7O7/c1-10-49-30(47)43-25-23(18-41(32(25,6)7)29(46)50-31(3,4)5)26(38-43)37-27(44)22-12-11-21(40-15-13-39(8)14-16-40)17-24(22)42(20(2)19-48-9)28(45)33(34,35)36/h11-12,17,20H,10,13-16,18-19H2,1-9H3,(H,37,38,44)/t20-/m0/s1. The van der Waals surface area contributed by atoms with Gasteiger partial charge in [-0.1, -0.05) is 0 Å². The molecule has 0 spiro atoms. The molecule has 14 nitrogen and oxygen atoms in total. The molecule has 0 radical (unpaired) electrons. The Morgan fingerprint density at radius 3 is 2.26 bits per heavy atom. The summed E-state index contributed by atoms with van der Waals surface area (Å²) in [4.78, 5) is 59.5. The van der Waals surface area contributed by atoms with E-state index in [0.717, 1.165) is 4.68 Å². The smallest absolute Gasteiger partial charge is 0.448 e. The third-order valence-corrected chi connectivity index (χ3v) is 8.50. The number of nitrogens with zero attached hydrogens (tertiary/aromatic N) is 6. The molecule has 2 aliphatic heterocycles. The van der Waals surface area contributed by atoms with E-state index in [0.29, 0.717) is 42.3 Å². The van der Waals surface area contributed by atoms with E-state index in [4.69, 9.17) is 14.2 Å². The molecule has 3 amide bonds. The Balaban J connectivity index is 1.83. The second-order valence-corrected chi connectivity index (χ2v) is 13.8. The summed E-state index contributed by atoms with van der Waals surface area (Å²) in [5.41, 5.74) is -1.47. The van der Waals surface area contributed by atoms with Crippen molar-refractivity contribution in [2.24, 2.45) is 0 Å². The zero-order valence-corrected chi connectivity index (χ0v) is 29.9. The van der Waals surface area contributed by atoms with Crippen molar-refractivity contribution in [3.05, 3.63) is 35.0 Å². The topological polar surface area (TPSA) is 139 Å². The van der Waals surface area contributed by atoms with Crippen LogP contribution in [0.2, 0.25) is 0 Å². The van der Waals surface area contributed by atoms with Gasteiger partial charge >= 0.3 is 24.3 Å². The Kier molecular flexibility index (Phi) is 11.1. The van der Waals surface area contributed by atoms with Gasteiger partial charge in [-0.05, 0) is 73.7 Å². The highest BCUT2D eigenvalue weighted by atomic mass is 19.4. The summed E-state index contributed by atoms with van der Waals surface area (Å²) >= 11 is 0. The van der Waals surface area contributed by atoms with Crippen molar-refractivity contribution in [2.75, 3.05) is 68.7 Å². The van der Waals surface area contributed by atoms with Crippen molar-refractivity contribution in [1.82, 2.24) is 19.6 Å². The van der Waals surface area contributed by atoms with Crippen LogP contribution in [0.3, 0.4) is 0 Å². The van der Waals surface area contributed by atoms with Gasteiger partial charge in [-0.15, -0.1) is 5.10 Å². The van der Waals surface area contributed by atoms with Gasteiger partial charge in [0.15, 0.2) is 5.82 Å². The van der Waals surface area contributed by atoms with Gasteiger partial charge in [-0.2, -0.15) is 17.9 Å². The van der Waals surface area contributed by atoms with E-state index in [9.17, 15) is 32.3 Å². The molecule has 0 bridgehead atoms. The molecule has 1 N–H and O–H groups in total. The van der Waals surface area contributed by atoms with Gasteiger partial charge in [-0.25, -0.2) is 9.59 Å². The molecular formula is C33H46F3N7O7. The number of likely N-dealkylation sites (N-methyl/N-ethyl adjacent to an activating group) is 1. The predicted octanol–water partition coefficient (Wildman–Crippen LogP) is 4.81. The van der Waals surface area contributed by atoms with Gasteiger partial charge in [-0.3, -0.25) is 19.4 Å². The number of alkyl halides is 3. The van der Waals surface area contributed by atoms with E-state index in [1.54, 1.807) is 47.6 Å². The Morgan fingerprint density at radius 1 is 1.06 bits per heavy atom. The number of anilines is 3. The SMILES string of the molecule is CCOC(=O)n1nc(NC(=O)c2ccc(N3CCN(C)CC3)cc2N(C(=O)C(F)(F)F)[C@@H](C)COC)c2c1C(C)(C)N(C(=O)OC(C)(C)C)C2. The molecular weight excluding hydrogens is 663 g/mol. The van der Waals surface area contributed by atoms with Crippen molar-refractivity contribution >= 4 is 41.2 Å². The van der Waals surface area contributed by atoms with Crippen LogP contribution in [0.25, 0.3) is 0 Å². The minimum atomic E-state index is -5.27. The van der Waals surface area contributed by atoms with Crippen LogP contribution in [-0.4, -0.2) is 115 Å². The lowest BCUT2D eigenvalue weighted by Gasteiger charge is -2.36. The molecule has 0 aliphatic carbocycles. The van der Waals surface area contributed by atoms with E-state index < -0.39 is 47.4 Å². The molecule has 2 aliphatic rings. The first-order valence-corrected chi connectivity index (χ1v) is 16.3. The van der Waals surface area contributed by atoms with Crippen molar-refractivity contribution in [3.8, 4) is 0 Å². The van der Waals surface area contributed by atoms with Crippen LogP contribution >= 0.6 is 0 Å². The average molecular weight is 710 g/mol. The first-order chi connectivity index (χ1) is 23.2. The number of carbonyl (C=O) groups is 4. The molecule has 1 aromatic carbocycles. The summed E-state index contributed by atoms with van der Waals surface area (Å²) < 4.78 is 59.1. The lowest BCUT2D eigenvalue weighted by atomic mass is 10.0. The summed E-state index contributed by atoms with van der Waals surface area (Å²) in [6.45, 7) is 13.7. The van der Waals surface area contributed by atoms with Crippen LogP contribution < -0.4 is 15.1 Å². The fourth-order valence-corrected chi connectivity index (χ4v) is 6.09. The quantitative estimate of drug-likeness (QED) is 0.407. The highest BCUT2D eigenvalue weighted by Crippen LogP contribution is 2.43. The summed E-state index contributed by atoms with van der Waals surface area (Å²) in [7, 11) is 3.25. The number of rotatable bonds is 8. The second kappa shape index (κ2) is 14.5. The van der Waals surface area contributed by atoms with Crippen molar-refractivity contribution in [1.29, 1.82) is 0 Å². The molecule has 4 rings (SSSR count). The summed E-state index contributed by atoms with van der Waals surface area (Å²) in [5, 5.41) is 6.97. The lowest BCUT2D eigenvalue weighted by Crippen LogP contribution is -2.49. The molecule has 276 valence electrons. The number of amides is 3. The number of ether oxygens (including phenoxy) is 3. The van der Waals surface area contributed by atoms with E-state index >= 15 is 0 Å². The second-order valence-electron chi connectivity index (χ2n) is 13.8. The number of nitrogens with one attached hydrogen (secondary N) is 1. The maximum Gasteiger partial charge on any atom is 0.471 e. The van der Waals surface area contributed by atoms with Gasteiger partial charge in [0, 0.05) is 44.5 Å². The molecule has 0 saturated carbocycles. The Labute approximate surface area is 289 Å². The summed E-state index contributed by atoms with van der Waals surface area (Å²) in [6.07, 6.45) is -6.81. The van der Waals surface area contributed by atoms with Crippen molar-refractivity contribution in [3.63, 3.8) is 0 Å². The van der Waals surface area contributed by atoms with Crippen LogP contribution in [0.1, 0.15) is 70.1 Å². The number of benzene rings is 1. The summed E-state index contributed by atoms with van der Waals surface area (Å²) in [6, 6.07) is 3.23. The number of aromatic nitrogens is 2. The predicted molar refractivity (Wildman–Crippen MR) is 178 cm³/mol. The largest absolute Gasteiger partial charge is 0.471 e. The number of halogens is 3. The number of methoxy groups -OCH3 is 1. The van der Waals surface area contributed by atoms with Gasteiger partial charge in [0.1, 0.15) is 5.60 Å². The zero-order chi connectivity index (χ0) is 37.3. The fourth-order valence-electron chi connectivity index (χ4n) is 6.09. The molecule has 3 heterocycles. The molecule has 1 fully saturated rings. The normalized spacial score (nSPS) is 16.9. The molecule has 1 aromatic heterocycles. The zero-order valence-electron chi connectivity index (χ0n) is 29.9. The number of hydrogen-bond acceptors (Lipinski definition) is 10. The maximum absolute atomic E-state index is 14.1. The highest BCUT2D eigenvalue weighted by molar-refractivity contribution is 6.12. The highest BCUT2D eigenvalue weighted by Gasteiger charge is 2.49. The molecule has 1 saturated heterocycles. The molecule has 50 heavy (non-hydrogen) atoms. The lowest BCUT2D eigenvalue weighted by molar-refractivity contribution is -0.171. The van der Waals surface area contributed by atoms with E-state index in [2.05, 4.69) is 15.3 Å². The monoisotopic (exact) mass is 709 g/mol. The van der Waals surface area contributed by atoms with E-state index in [-0.39, 0.29) is 42.5 Å². The molecule has 1 atom stereocenters.